The first-order valence-corrected chi connectivity index (χ1v) is 19.5. The second-order valence-electron chi connectivity index (χ2n) is 14.8. The second-order valence-corrected chi connectivity index (χ2v) is 14.8. The fourth-order valence-corrected chi connectivity index (χ4v) is 8.69. The third-order valence-corrected chi connectivity index (χ3v) is 11.4. The maximum absolute atomic E-state index is 6.90. The molecule has 4 heterocycles. The first-order chi connectivity index (χ1) is 28.7. The first kappa shape index (κ1) is 32.4. The zero-order chi connectivity index (χ0) is 38.2. The SMILES string of the molecule is c1ccc(-c2cc(-c3ccc4c(c3)c3ccccc3n4-c3ccccc3)nc(-c3ccc4c(c3)oc3c4ccc4c(-c5ccccc5)nc5ccccc5c43)n2)cc1. The summed E-state index contributed by atoms with van der Waals surface area (Å²) >= 11 is 0. The molecule has 0 atom stereocenters. The summed E-state index contributed by atoms with van der Waals surface area (Å²) < 4.78 is 9.23. The standard InChI is InChI=1S/C53H32N4O/c1-4-14-33(15-5-1)45-32-46(35-25-29-48-43(30-35)38-20-11-13-23-47(38)57(48)37-18-8-3-9-19-37)56-53(55-45)36-24-26-39-40-27-28-42-50(52(40)58-49(39)31-36)41-21-10-12-22-44(41)54-51(42)34-16-6-2-7-17-34/h1-32H. The van der Waals surface area contributed by atoms with Crippen molar-refractivity contribution in [3.05, 3.63) is 194 Å². The number of benzene rings is 8. The van der Waals surface area contributed by atoms with E-state index in [4.69, 9.17) is 19.4 Å². The topological polar surface area (TPSA) is 56.7 Å². The van der Waals surface area contributed by atoms with Crippen molar-refractivity contribution in [1.82, 2.24) is 19.5 Å². The number of fused-ring (bicyclic) bond motifs is 10. The third kappa shape index (κ3) is 5.07. The molecule has 4 aromatic heterocycles. The van der Waals surface area contributed by atoms with Crippen LogP contribution in [0.25, 0.3) is 116 Å². The van der Waals surface area contributed by atoms with E-state index in [-0.39, 0.29) is 0 Å². The Morgan fingerprint density at radius 1 is 0.379 bits per heavy atom. The van der Waals surface area contributed by atoms with Gasteiger partial charge in [0.05, 0.1) is 33.6 Å². The lowest BCUT2D eigenvalue weighted by atomic mass is 9.98. The van der Waals surface area contributed by atoms with Gasteiger partial charge in [-0.2, -0.15) is 0 Å². The Hall–Kier alpha value is -7.89. The van der Waals surface area contributed by atoms with Gasteiger partial charge in [-0.1, -0.05) is 133 Å². The molecule has 5 nitrogen and oxygen atoms in total. The Balaban J connectivity index is 1.05. The minimum atomic E-state index is 0.636. The van der Waals surface area contributed by atoms with Crippen molar-refractivity contribution < 1.29 is 4.42 Å². The Morgan fingerprint density at radius 2 is 1.00 bits per heavy atom. The van der Waals surface area contributed by atoms with E-state index in [0.717, 1.165) is 94.2 Å². The normalized spacial score (nSPS) is 11.8. The number of para-hydroxylation sites is 3. The van der Waals surface area contributed by atoms with E-state index in [1.165, 1.54) is 16.3 Å². The molecule has 270 valence electrons. The van der Waals surface area contributed by atoms with Crippen molar-refractivity contribution in [2.75, 3.05) is 0 Å². The lowest BCUT2D eigenvalue weighted by Gasteiger charge is -2.10. The van der Waals surface area contributed by atoms with Crippen molar-refractivity contribution in [1.29, 1.82) is 0 Å². The van der Waals surface area contributed by atoms with Crippen molar-refractivity contribution >= 4 is 65.4 Å². The van der Waals surface area contributed by atoms with Crippen LogP contribution in [0.3, 0.4) is 0 Å². The Morgan fingerprint density at radius 3 is 1.81 bits per heavy atom. The molecule has 0 aliphatic carbocycles. The van der Waals surface area contributed by atoms with Crippen LogP contribution in [0.4, 0.5) is 0 Å². The van der Waals surface area contributed by atoms with Crippen molar-refractivity contribution in [3.8, 4) is 50.8 Å². The quantitative estimate of drug-likeness (QED) is 0.165. The molecule has 12 aromatic rings. The van der Waals surface area contributed by atoms with Gasteiger partial charge in [-0.05, 0) is 60.7 Å². The smallest absolute Gasteiger partial charge is 0.160 e. The van der Waals surface area contributed by atoms with Gasteiger partial charge in [0.15, 0.2) is 5.82 Å². The molecule has 8 aromatic carbocycles. The van der Waals surface area contributed by atoms with Gasteiger partial charge in [-0.15, -0.1) is 0 Å². The molecule has 0 unspecified atom stereocenters. The van der Waals surface area contributed by atoms with Gasteiger partial charge in [0.2, 0.25) is 0 Å². The number of hydrogen-bond donors (Lipinski definition) is 0. The monoisotopic (exact) mass is 740 g/mol. The largest absolute Gasteiger partial charge is 0.455 e. The summed E-state index contributed by atoms with van der Waals surface area (Å²) in [5.41, 5.74) is 12.7. The van der Waals surface area contributed by atoms with Crippen LogP contribution in [0.15, 0.2) is 199 Å². The molecule has 12 rings (SSSR count). The van der Waals surface area contributed by atoms with Crippen molar-refractivity contribution in [2.24, 2.45) is 0 Å². The van der Waals surface area contributed by atoms with E-state index in [1.54, 1.807) is 0 Å². The van der Waals surface area contributed by atoms with E-state index in [1.807, 2.05) is 18.2 Å². The number of pyridine rings is 1. The van der Waals surface area contributed by atoms with Gasteiger partial charge in [0.1, 0.15) is 11.2 Å². The highest BCUT2D eigenvalue weighted by Gasteiger charge is 2.20. The van der Waals surface area contributed by atoms with Crippen LogP contribution < -0.4 is 0 Å². The molecule has 0 spiro atoms. The first-order valence-electron chi connectivity index (χ1n) is 19.5. The summed E-state index contributed by atoms with van der Waals surface area (Å²) in [4.78, 5) is 15.6. The van der Waals surface area contributed by atoms with Crippen LogP contribution in [-0.4, -0.2) is 19.5 Å². The average molecular weight is 741 g/mol. The summed E-state index contributed by atoms with van der Waals surface area (Å²) in [6, 6.07) is 67.7. The van der Waals surface area contributed by atoms with Crippen molar-refractivity contribution in [2.45, 2.75) is 0 Å². The van der Waals surface area contributed by atoms with Gasteiger partial charge < -0.3 is 8.98 Å². The zero-order valence-corrected chi connectivity index (χ0v) is 31.2. The minimum absolute atomic E-state index is 0.636. The van der Waals surface area contributed by atoms with Crippen LogP contribution in [-0.2, 0) is 0 Å². The molecule has 0 radical (unpaired) electrons. The predicted molar refractivity (Wildman–Crippen MR) is 238 cm³/mol. The van der Waals surface area contributed by atoms with E-state index in [0.29, 0.717) is 5.82 Å². The summed E-state index contributed by atoms with van der Waals surface area (Å²) in [6.45, 7) is 0. The highest BCUT2D eigenvalue weighted by molar-refractivity contribution is 6.24. The number of furan rings is 1. The highest BCUT2D eigenvalue weighted by Crippen LogP contribution is 2.42. The number of rotatable bonds is 5. The molecule has 0 amide bonds. The van der Waals surface area contributed by atoms with Gasteiger partial charge in [-0.25, -0.2) is 15.0 Å². The van der Waals surface area contributed by atoms with Gasteiger partial charge in [0, 0.05) is 65.6 Å². The van der Waals surface area contributed by atoms with Gasteiger partial charge >= 0.3 is 0 Å². The lowest BCUT2D eigenvalue weighted by molar-refractivity contribution is 0.673. The Kier molecular flexibility index (Phi) is 7.16. The molecule has 0 fully saturated rings. The average Bonchev–Trinajstić information content (AvgIpc) is 3.84. The van der Waals surface area contributed by atoms with E-state index >= 15 is 0 Å². The predicted octanol–water partition coefficient (Wildman–Crippen LogP) is 13.8. The van der Waals surface area contributed by atoms with Gasteiger partial charge in [-0.3, -0.25) is 0 Å². The summed E-state index contributed by atoms with van der Waals surface area (Å²) in [5, 5.41) is 7.66. The summed E-state index contributed by atoms with van der Waals surface area (Å²) in [6.07, 6.45) is 0. The number of hydrogen-bond acceptors (Lipinski definition) is 4. The molecular weight excluding hydrogens is 709 g/mol. The Bertz CT molecular complexity index is 3550. The van der Waals surface area contributed by atoms with Crippen molar-refractivity contribution in [3.63, 3.8) is 0 Å². The van der Waals surface area contributed by atoms with Crippen LogP contribution >= 0.6 is 0 Å². The molecule has 0 aliphatic rings. The highest BCUT2D eigenvalue weighted by atomic mass is 16.3. The minimum Gasteiger partial charge on any atom is -0.455 e. The third-order valence-electron chi connectivity index (χ3n) is 11.4. The summed E-state index contributed by atoms with van der Waals surface area (Å²) in [7, 11) is 0. The molecule has 5 heteroatoms. The fraction of sp³-hybridized carbons (Fsp3) is 0. The second kappa shape index (κ2) is 12.8. The maximum atomic E-state index is 6.90. The summed E-state index contributed by atoms with van der Waals surface area (Å²) in [5.74, 6) is 0.636. The molecule has 0 aliphatic heterocycles. The zero-order valence-electron chi connectivity index (χ0n) is 31.2. The maximum Gasteiger partial charge on any atom is 0.160 e. The van der Waals surface area contributed by atoms with Crippen LogP contribution in [0.1, 0.15) is 0 Å². The van der Waals surface area contributed by atoms with E-state index in [9.17, 15) is 0 Å². The Labute approximate surface area is 333 Å². The molecular formula is C53H32N4O. The van der Waals surface area contributed by atoms with Crippen LogP contribution in [0.5, 0.6) is 0 Å². The fourth-order valence-electron chi connectivity index (χ4n) is 8.69. The molecule has 0 saturated heterocycles. The number of nitrogens with zero attached hydrogens (tertiary/aromatic N) is 4. The van der Waals surface area contributed by atoms with E-state index in [2.05, 4.69) is 180 Å². The molecule has 0 bridgehead atoms. The number of aromatic nitrogens is 4. The van der Waals surface area contributed by atoms with Gasteiger partial charge in [0.25, 0.3) is 0 Å². The van der Waals surface area contributed by atoms with Crippen LogP contribution in [0.2, 0.25) is 0 Å². The molecule has 0 N–H and O–H groups in total. The van der Waals surface area contributed by atoms with E-state index < -0.39 is 0 Å². The lowest BCUT2D eigenvalue weighted by Crippen LogP contribution is -1.96. The molecule has 58 heavy (non-hydrogen) atoms. The molecule has 0 saturated carbocycles. The van der Waals surface area contributed by atoms with Crippen LogP contribution in [0, 0.1) is 0 Å².